The zero-order valence-electron chi connectivity index (χ0n) is 14.3. The molecule has 0 radical (unpaired) electrons. The average Bonchev–Trinajstić information content (AvgIpc) is 2.65. The smallest absolute Gasteiger partial charge is 0.337 e. The fourth-order valence-electron chi connectivity index (χ4n) is 3.05. The first-order valence-corrected chi connectivity index (χ1v) is 7.81. The number of anilines is 1. The van der Waals surface area contributed by atoms with Crippen molar-refractivity contribution in [2.45, 2.75) is 12.3 Å². The number of carbonyl (C=O) groups is 2. The zero-order chi connectivity index (χ0) is 18.0. The van der Waals surface area contributed by atoms with Gasteiger partial charge in [-0.15, -0.1) is 0 Å². The molecule has 0 aromatic heterocycles. The van der Waals surface area contributed by atoms with Crippen molar-refractivity contribution in [3.8, 4) is 11.5 Å². The molecule has 2 aromatic rings. The topological polar surface area (TPSA) is 73.9 Å². The molecule has 0 spiro atoms. The van der Waals surface area contributed by atoms with E-state index in [4.69, 9.17) is 14.2 Å². The van der Waals surface area contributed by atoms with Gasteiger partial charge in [-0.05, 0) is 29.3 Å². The lowest BCUT2D eigenvalue weighted by atomic mass is 9.84. The maximum absolute atomic E-state index is 12.1. The number of ether oxygens (including phenoxy) is 3. The molecule has 1 N–H and O–H groups in total. The molecule has 25 heavy (non-hydrogen) atoms. The van der Waals surface area contributed by atoms with Crippen LogP contribution < -0.4 is 14.8 Å². The molecular formula is C19H19NO5. The number of rotatable bonds is 4. The van der Waals surface area contributed by atoms with Crippen LogP contribution in [-0.2, 0) is 9.53 Å². The molecule has 6 nitrogen and oxygen atoms in total. The third kappa shape index (κ3) is 3.15. The van der Waals surface area contributed by atoms with Crippen molar-refractivity contribution in [3.05, 3.63) is 53.1 Å². The molecule has 0 unspecified atom stereocenters. The average molecular weight is 341 g/mol. The first-order valence-electron chi connectivity index (χ1n) is 7.81. The largest absolute Gasteiger partial charge is 0.493 e. The van der Waals surface area contributed by atoms with Gasteiger partial charge in [0.05, 0.1) is 26.9 Å². The van der Waals surface area contributed by atoms with Crippen LogP contribution in [0.2, 0.25) is 0 Å². The summed E-state index contributed by atoms with van der Waals surface area (Å²) in [5.41, 5.74) is 3.06. The fraction of sp³-hybridized carbons (Fsp3) is 0.263. The van der Waals surface area contributed by atoms with E-state index in [1.807, 2.05) is 18.2 Å². The summed E-state index contributed by atoms with van der Waals surface area (Å²) in [6, 6.07) is 10.7. The Morgan fingerprint density at radius 3 is 2.28 bits per heavy atom. The summed E-state index contributed by atoms with van der Waals surface area (Å²) in [6.07, 6.45) is 0.319. The van der Waals surface area contributed by atoms with Crippen molar-refractivity contribution in [1.29, 1.82) is 0 Å². The molecule has 6 heteroatoms. The van der Waals surface area contributed by atoms with E-state index in [1.54, 1.807) is 32.4 Å². The second-order valence-electron chi connectivity index (χ2n) is 5.71. The van der Waals surface area contributed by atoms with Gasteiger partial charge in [-0.2, -0.15) is 0 Å². The molecule has 0 saturated heterocycles. The summed E-state index contributed by atoms with van der Waals surface area (Å²) >= 11 is 0. The van der Waals surface area contributed by atoms with Crippen molar-refractivity contribution in [3.63, 3.8) is 0 Å². The molecule has 0 aliphatic carbocycles. The molecule has 3 rings (SSSR count). The van der Waals surface area contributed by atoms with Crippen LogP contribution in [0.4, 0.5) is 5.69 Å². The molecule has 0 bridgehead atoms. The number of hydrogen-bond donors (Lipinski definition) is 1. The summed E-state index contributed by atoms with van der Waals surface area (Å²) in [5, 5.41) is 2.88. The molecule has 1 atom stereocenters. The lowest BCUT2D eigenvalue weighted by Gasteiger charge is -2.27. The van der Waals surface area contributed by atoms with E-state index < -0.39 is 0 Å². The monoisotopic (exact) mass is 341 g/mol. The van der Waals surface area contributed by atoms with E-state index in [2.05, 4.69) is 5.32 Å². The molecule has 2 aromatic carbocycles. The molecule has 0 saturated carbocycles. The number of nitrogens with one attached hydrogen (secondary N) is 1. The second-order valence-corrected chi connectivity index (χ2v) is 5.71. The van der Waals surface area contributed by atoms with Crippen LogP contribution >= 0.6 is 0 Å². The van der Waals surface area contributed by atoms with Crippen molar-refractivity contribution in [2.24, 2.45) is 0 Å². The normalized spacial score (nSPS) is 15.8. The number of fused-ring (bicyclic) bond motifs is 1. The highest BCUT2D eigenvalue weighted by Crippen LogP contribution is 2.43. The number of hydrogen-bond acceptors (Lipinski definition) is 5. The van der Waals surface area contributed by atoms with E-state index in [0.717, 1.165) is 11.1 Å². The van der Waals surface area contributed by atoms with Crippen molar-refractivity contribution in [2.75, 3.05) is 26.6 Å². The van der Waals surface area contributed by atoms with E-state index >= 15 is 0 Å². The van der Waals surface area contributed by atoms with E-state index in [9.17, 15) is 9.59 Å². The van der Waals surface area contributed by atoms with E-state index in [0.29, 0.717) is 29.2 Å². The van der Waals surface area contributed by atoms with Crippen molar-refractivity contribution in [1.82, 2.24) is 0 Å². The predicted molar refractivity (Wildman–Crippen MR) is 92.4 cm³/mol. The highest BCUT2D eigenvalue weighted by atomic mass is 16.5. The van der Waals surface area contributed by atoms with Crippen LogP contribution in [0.25, 0.3) is 0 Å². The zero-order valence-corrected chi connectivity index (χ0v) is 14.3. The standard InChI is InChI=1S/C19H19NO5/c1-23-16-8-14-13(9-18(21)20-15(14)10-17(16)24-2)11-4-6-12(7-5-11)19(22)25-3/h4-8,10,13H,9H2,1-3H3,(H,20,21)/t13-/m0/s1. The third-order valence-electron chi connectivity index (χ3n) is 4.33. The number of amides is 1. The van der Waals surface area contributed by atoms with Gasteiger partial charge in [-0.3, -0.25) is 4.79 Å². The van der Waals surface area contributed by atoms with Gasteiger partial charge in [0, 0.05) is 24.1 Å². The van der Waals surface area contributed by atoms with E-state index in [1.165, 1.54) is 7.11 Å². The first kappa shape index (κ1) is 16.8. The fourth-order valence-corrected chi connectivity index (χ4v) is 3.05. The van der Waals surface area contributed by atoms with Crippen LogP contribution in [-0.4, -0.2) is 33.2 Å². The Labute approximate surface area is 145 Å². The van der Waals surface area contributed by atoms with Gasteiger partial charge in [0.15, 0.2) is 11.5 Å². The Morgan fingerprint density at radius 2 is 1.68 bits per heavy atom. The minimum absolute atomic E-state index is 0.0678. The Morgan fingerprint density at radius 1 is 1.04 bits per heavy atom. The van der Waals surface area contributed by atoms with Gasteiger partial charge >= 0.3 is 5.97 Å². The van der Waals surface area contributed by atoms with Crippen LogP contribution in [0.1, 0.15) is 33.8 Å². The van der Waals surface area contributed by atoms with Crippen molar-refractivity contribution >= 4 is 17.6 Å². The maximum Gasteiger partial charge on any atom is 0.337 e. The maximum atomic E-state index is 12.1. The summed E-state index contributed by atoms with van der Waals surface area (Å²) < 4.78 is 15.4. The van der Waals surface area contributed by atoms with Gasteiger partial charge in [0.25, 0.3) is 0 Å². The molecule has 1 heterocycles. The van der Waals surface area contributed by atoms with Gasteiger partial charge in [0.2, 0.25) is 5.91 Å². The lowest BCUT2D eigenvalue weighted by Crippen LogP contribution is -2.23. The number of methoxy groups -OCH3 is 3. The van der Waals surface area contributed by atoms with Crippen LogP contribution in [0.5, 0.6) is 11.5 Å². The Bertz CT molecular complexity index is 813. The highest BCUT2D eigenvalue weighted by molar-refractivity contribution is 5.96. The number of carbonyl (C=O) groups excluding carboxylic acids is 2. The van der Waals surface area contributed by atoms with Gasteiger partial charge < -0.3 is 19.5 Å². The van der Waals surface area contributed by atoms with Gasteiger partial charge in [0.1, 0.15) is 0 Å². The molecule has 0 fully saturated rings. The van der Waals surface area contributed by atoms with Gasteiger partial charge in [-0.25, -0.2) is 4.79 Å². The lowest BCUT2D eigenvalue weighted by molar-refractivity contribution is -0.116. The van der Waals surface area contributed by atoms with Gasteiger partial charge in [-0.1, -0.05) is 12.1 Å². The highest BCUT2D eigenvalue weighted by Gasteiger charge is 2.28. The molecule has 1 aliphatic rings. The SMILES string of the molecule is COC(=O)c1ccc([C@@H]2CC(=O)Nc3cc(OC)c(OC)cc32)cc1. The predicted octanol–water partition coefficient (Wildman–Crippen LogP) is 2.96. The number of esters is 1. The van der Waals surface area contributed by atoms with Crippen LogP contribution in [0.15, 0.2) is 36.4 Å². The third-order valence-corrected chi connectivity index (χ3v) is 4.33. The Kier molecular flexibility index (Phi) is 4.61. The molecule has 1 amide bonds. The minimum atomic E-state index is -0.389. The molecule has 130 valence electrons. The minimum Gasteiger partial charge on any atom is -0.493 e. The quantitative estimate of drug-likeness (QED) is 0.866. The molecular weight excluding hydrogens is 322 g/mol. The van der Waals surface area contributed by atoms with Crippen molar-refractivity contribution < 1.29 is 23.8 Å². The Hall–Kier alpha value is -3.02. The molecule has 1 aliphatic heterocycles. The first-order chi connectivity index (χ1) is 12.1. The summed E-state index contributed by atoms with van der Waals surface area (Å²) in [7, 11) is 4.47. The number of benzene rings is 2. The summed E-state index contributed by atoms with van der Waals surface area (Å²) in [4.78, 5) is 23.7. The second kappa shape index (κ2) is 6.84. The van der Waals surface area contributed by atoms with E-state index in [-0.39, 0.29) is 17.8 Å². The van der Waals surface area contributed by atoms with Crippen LogP contribution in [0, 0.1) is 0 Å². The van der Waals surface area contributed by atoms with Crippen LogP contribution in [0.3, 0.4) is 0 Å². The summed E-state index contributed by atoms with van der Waals surface area (Å²) in [6.45, 7) is 0. The Balaban J connectivity index is 2.03. The summed E-state index contributed by atoms with van der Waals surface area (Å²) in [5.74, 6) is 0.577.